The van der Waals surface area contributed by atoms with Crippen molar-refractivity contribution in [3.8, 4) is 0 Å². The van der Waals surface area contributed by atoms with Crippen LogP contribution in [0.15, 0.2) is 55.0 Å². The molecule has 0 bridgehead atoms. The Morgan fingerprint density at radius 2 is 2.03 bits per heavy atom. The molecule has 3 aromatic rings. The Morgan fingerprint density at radius 1 is 1.20 bits per heavy atom. The van der Waals surface area contributed by atoms with E-state index in [1.807, 2.05) is 30.5 Å². The minimum atomic E-state index is 0.0880. The van der Waals surface area contributed by atoms with E-state index in [0.717, 1.165) is 60.8 Å². The topological polar surface area (TPSA) is 61.0 Å². The van der Waals surface area contributed by atoms with Gasteiger partial charge in [0, 0.05) is 36.8 Å². The number of nitrogens with one attached hydrogen (secondary N) is 2. The fourth-order valence-corrected chi connectivity index (χ4v) is 4.96. The van der Waals surface area contributed by atoms with Crippen LogP contribution in [0.2, 0.25) is 0 Å². The van der Waals surface area contributed by atoms with Gasteiger partial charge in [0.15, 0.2) is 0 Å². The lowest BCUT2D eigenvalue weighted by Gasteiger charge is -2.45. The van der Waals surface area contributed by atoms with Crippen LogP contribution in [-0.2, 0) is 0 Å². The number of amides is 1. The van der Waals surface area contributed by atoms with Crippen molar-refractivity contribution in [2.24, 2.45) is 0 Å². The van der Waals surface area contributed by atoms with Gasteiger partial charge in [-0.2, -0.15) is 0 Å². The monoisotopic (exact) mass is 404 g/mol. The van der Waals surface area contributed by atoms with Crippen molar-refractivity contribution in [2.45, 2.75) is 57.5 Å². The maximum Gasteiger partial charge on any atom is 0.254 e. The van der Waals surface area contributed by atoms with Crippen LogP contribution < -0.4 is 5.32 Å². The summed E-state index contributed by atoms with van der Waals surface area (Å²) in [5.41, 5.74) is 1.84. The van der Waals surface area contributed by atoms with Gasteiger partial charge in [0.2, 0.25) is 0 Å². The molecule has 0 spiro atoms. The van der Waals surface area contributed by atoms with E-state index in [1.54, 1.807) is 6.33 Å². The molecule has 4 rings (SSSR count). The summed E-state index contributed by atoms with van der Waals surface area (Å²) in [6, 6.07) is 14.6. The molecule has 1 fully saturated rings. The number of carbonyl (C=O) groups is 1. The Morgan fingerprint density at radius 3 is 2.80 bits per heavy atom. The molecule has 3 unspecified atom stereocenters. The molecule has 158 valence electrons. The molecule has 1 aliphatic heterocycles. The third-order valence-corrected chi connectivity index (χ3v) is 6.43. The first kappa shape index (κ1) is 20.6. The molecular formula is C25H32N4O. The van der Waals surface area contributed by atoms with Crippen LogP contribution in [-0.4, -0.2) is 45.9 Å². The number of benzene rings is 2. The van der Waals surface area contributed by atoms with Gasteiger partial charge in [0.05, 0.1) is 18.1 Å². The van der Waals surface area contributed by atoms with E-state index in [1.165, 1.54) is 0 Å². The third kappa shape index (κ3) is 3.99. The van der Waals surface area contributed by atoms with Gasteiger partial charge in [-0.25, -0.2) is 4.98 Å². The minimum Gasteiger partial charge on any atom is -0.351 e. The molecule has 1 amide bonds. The molecule has 3 atom stereocenters. The number of unbranched alkanes of at least 4 members (excludes halogenated alkanes) is 1. The molecule has 0 saturated carbocycles. The number of carbonyl (C=O) groups excluding carboxylic acids is 1. The van der Waals surface area contributed by atoms with Crippen LogP contribution in [0.1, 0.15) is 61.5 Å². The van der Waals surface area contributed by atoms with Gasteiger partial charge in [-0.1, -0.05) is 63.1 Å². The molecule has 5 nitrogen and oxygen atoms in total. The molecule has 2 heterocycles. The Bertz CT molecular complexity index is 963. The highest BCUT2D eigenvalue weighted by molar-refractivity contribution is 6.07. The highest BCUT2D eigenvalue weighted by Crippen LogP contribution is 2.33. The Hall–Kier alpha value is -2.66. The lowest BCUT2D eigenvalue weighted by molar-refractivity contribution is 0.0492. The number of imidazole rings is 1. The summed E-state index contributed by atoms with van der Waals surface area (Å²) >= 11 is 0. The van der Waals surface area contributed by atoms with Crippen LogP contribution >= 0.6 is 0 Å². The highest BCUT2D eigenvalue weighted by Gasteiger charge is 2.40. The summed E-state index contributed by atoms with van der Waals surface area (Å²) in [4.78, 5) is 23.7. The van der Waals surface area contributed by atoms with Gasteiger partial charge < -0.3 is 15.2 Å². The number of H-pyrrole nitrogens is 1. The van der Waals surface area contributed by atoms with Gasteiger partial charge >= 0.3 is 0 Å². The summed E-state index contributed by atoms with van der Waals surface area (Å²) < 4.78 is 0. The van der Waals surface area contributed by atoms with E-state index in [9.17, 15) is 4.79 Å². The van der Waals surface area contributed by atoms with E-state index in [2.05, 4.69) is 52.2 Å². The highest BCUT2D eigenvalue weighted by atomic mass is 16.2. The van der Waals surface area contributed by atoms with Crippen molar-refractivity contribution in [2.75, 3.05) is 13.1 Å². The average Bonchev–Trinajstić information content (AvgIpc) is 3.32. The standard InChI is InChI=1S/C25H32N4O/c1-3-5-13-22-24(19(4-2)23-16-26-17-28-23)29(15-14-27-22)25(30)21-12-8-10-18-9-6-7-11-20(18)21/h6-12,16-17,19,22,24,27H,3-5,13-15H2,1-2H3,(H,26,28). The third-order valence-electron chi connectivity index (χ3n) is 6.43. The smallest absolute Gasteiger partial charge is 0.254 e. The summed E-state index contributed by atoms with van der Waals surface area (Å²) in [5, 5.41) is 5.86. The minimum absolute atomic E-state index is 0.0880. The van der Waals surface area contributed by atoms with Crippen molar-refractivity contribution < 1.29 is 4.79 Å². The first-order valence-corrected chi connectivity index (χ1v) is 11.2. The predicted octanol–water partition coefficient (Wildman–Crippen LogP) is 4.73. The lowest BCUT2D eigenvalue weighted by atomic mass is 9.83. The fourth-order valence-electron chi connectivity index (χ4n) is 4.96. The Labute approximate surface area is 178 Å². The van der Waals surface area contributed by atoms with Gasteiger partial charge in [-0.05, 0) is 29.7 Å². The van der Waals surface area contributed by atoms with Gasteiger partial charge in [0.25, 0.3) is 5.91 Å². The second-order valence-corrected chi connectivity index (χ2v) is 8.23. The van der Waals surface area contributed by atoms with E-state index in [4.69, 9.17) is 0 Å². The molecule has 1 aromatic heterocycles. The Kier molecular flexibility index (Phi) is 6.48. The largest absolute Gasteiger partial charge is 0.351 e. The second-order valence-electron chi connectivity index (χ2n) is 8.23. The van der Waals surface area contributed by atoms with Crippen LogP contribution in [0, 0.1) is 0 Å². The number of hydrogen-bond acceptors (Lipinski definition) is 3. The first-order valence-electron chi connectivity index (χ1n) is 11.2. The van der Waals surface area contributed by atoms with Gasteiger partial charge in [-0.15, -0.1) is 0 Å². The lowest BCUT2D eigenvalue weighted by Crippen LogP contribution is -2.61. The van der Waals surface area contributed by atoms with Crippen LogP contribution in [0.25, 0.3) is 10.8 Å². The molecule has 1 aliphatic rings. The van der Waals surface area contributed by atoms with Crippen LogP contribution in [0.3, 0.4) is 0 Å². The van der Waals surface area contributed by atoms with Crippen molar-refractivity contribution >= 4 is 16.7 Å². The van der Waals surface area contributed by atoms with Crippen molar-refractivity contribution in [3.63, 3.8) is 0 Å². The van der Waals surface area contributed by atoms with Crippen LogP contribution in [0.4, 0.5) is 0 Å². The molecule has 30 heavy (non-hydrogen) atoms. The first-order chi connectivity index (χ1) is 14.7. The number of aromatic amines is 1. The number of fused-ring (bicyclic) bond motifs is 1. The van der Waals surface area contributed by atoms with Gasteiger partial charge in [0.1, 0.15) is 0 Å². The average molecular weight is 405 g/mol. The SMILES string of the molecule is CCCCC1NCCN(C(=O)c2cccc3ccccc23)C1C(CC)c1c[nH]cn1. The summed E-state index contributed by atoms with van der Waals surface area (Å²) in [6.07, 6.45) is 8.05. The molecule has 0 radical (unpaired) electrons. The maximum atomic E-state index is 13.9. The molecule has 2 N–H and O–H groups in total. The predicted molar refractivity (Wildman–Crippen MR) is 122 cm³/mol. The molecule has 5 heteroatoms. The van der Waals surface area contributed by atoms with E-state index < -0.39 is 0 Å². The summed E-state index contributed by atoms with van der Waals surface area (Å²) in [7, 11) is 0. The van der Waals surface area contributed by atoms with Crippen molar-refractivity contribution in [1.82, 2.24) is 20.2 Å². The number of hydrogen-bond donors (Lipinski definition) is 2. The van der Waals surface area contributed by atoms with Crippen molar-refractivity contribution in [1.29, 1.82) is 0 Å². The number of nitrogens with zero attached hydrogens (tertiary/aromatic N) is 2. The molecule has 0 aliphatic carbocycles. The summed E-state index contributed by atoms with van der Waals surface area (Å²) in [5.74, 6) is 0.332. The zero-order chi connectivity index (χ0) is 20.9. The second kappa shape index (κ2) is 9.43. The zero-order valence-corrected chi connectivity index (χ0v) is 18.0. The maximum absolute atomic E-state index is 13.9. The molecule has 2 aromatic carbocycles. The molecular weight excluding hydrogens is 372 g/mol. The number of rotatable bonds is 7. The molecule has 1 saturated heterocycles. The normalized spacial score (nSPS) is 20.4. The van der Waals surface area contributed by atoms with Crippen LogP contribution in [0.5, 0.6) is 0 Å². The van der Waals surface area contributed by atoms with Crippen molar-refractivity contribution in [3.05, 3.63) is 66.2 Å². The quantitative estimate of drug-likeness (QED) is 0.598. The number of aromatic nitrogens is 2. The van der Waals surface area contributed by atoms with E-state index in [-0.39, 0.29) is 23.9 Å². The number of piperazine rings is 1. The van der Waals surface area contributed by atoms with E-state index >= 15 is 0 Å². The Balaban J connectivity index is 1.74. The van der Waals surface area contributed by atoms with Gasteiger partial charge in [-0.3, -0.25) is 4.79 Å². The fraction of sp³-hybridized carbons (Fsp3) is 0.440. The van der Waals surface area contributed by atoms with E-state index in [0.29, 0.717) is 0 Å². The zero-order valence-electron chi connectivity index (χ0n) is 18.0. The summed E-state index contributed by atoms with van der Waals surface area (Å²) in [6.45, 7) is 5.97.